The topological polar surface area (TPSA) is 37.7 Å². The van der Waals surface area contributed by atoms with Crippen LogP contribution in [0.3, 0.4) is 0 Å². The molecule has 0 spiro atoms. The second-order valence-corrected chi connectivity index (χ2v) is 37.7. The van der Waals surface area contributed by atoms with Crippen LogP contribution >= 0.6 is 35.3 Å². The minimum atomic E-state index is -1.82. The van der Waals surface area contributed by atoms with Gasteiger partial charge in [-0.25, -0.2) is 0 Å². The van der Waals surface area contributed by atoms with Crippen molar-refractivity contribution in [1.29, 1.82) is 0 Å². The molecule has 0 atom stereocenters. The van der Waals surface area contributed by atoms with Gasteiger partial charge in [0.05, 0.1) is 20.3 Å². The van der Waals surface area contributed by atoms with Crippen LogP contribution in [0.1, 0.15) is 105 Å². The standard InChI is InChI=1S/C21H27N2.C15H24OSi.C14H22OSi.C11H13BrO.2ClH.Ru/c1-14-9-16(3)20(17(4)10-14)22-7-8-23(13-22)21-18(5)11-15(2)12-19(21)6;1-7-13-11-14(17(5,6)8-2)9-10-15(13)16-12(3)4;1-7-16(5,6)13-8-9-14(12(4)10-13)15-11(2)3;1-4-9-7-10(12)5-6-11(9)13-8(2)3;;;/h9-13H,7-8H2,1-6H3;7,9-12H,1,8H2,2-6H3;4,8-11H,7H2,1-3,5-6H3;4-8H,1H2,2-3H3;2*1H;/q-1;;;;;;+2/p-1. The molecule has 0 bridgehead atoms. The molecule has 6 rings (SSSR count). The number of aliphatic hydroxyl groups is 1. The molecular weight excluding hydrogens is 1120 g/mol. The number of rotatable bonds is 15. The zero-order valence-corrected chi connectivity index (χ0v) is 53.8. The minimum absolute atomic E-state index is 0.194. The fraction of sp³-hybridized carbons (Fsp3) is 0.410. The molecule has 1 saturated heterocycles. The van der Waals surface area contributed by atoms with Crippen molar-refractivity contribution < 1.29 is 27.7 Å². The molecule has 72 heavy (non-hydrogen) atoms. The molecule has 0 unspecified atom stereocenters. The average Bonchev–Trinajstić information content (AvgIpc) is 3.75. The molecule has 1 N–H and O–H groups in total. The number of nitrogens with zero attached hydrogens (tertiary/aromatic N) is 2. The predicted molar refractivity (Wildman–Crippen MR) is 328 cm³/mol. The number of halogens is 3. The van der Waals surface area contributed by atoms with Crippen LogP contribution in [-0.2, 0) is 13.5 Å². The average molecular weight is 1200 g/mol. The van der Waals surface area contributed by atoms with E-state index in [1.54, 1.807) is 6.08 Å². The Morgan fingerprint density at radius 2 is 1.01 bits per heavy atom. The van der Waals surface area contributed by atoms with E-state index in [-0.39, 0.29) is 18.3 Å². The van der Waals surface area contributed by atoms with Crippen molar-refractivity contribution in [1.82, 2.24) is 0 Å². The molecule has 1 aliphatic rings. The molecular formula is C61H87BrCl2N2O3RuSi2. The van der Waals surface area contributed by atoms with Gasteiger partial charge in [-0.05, 0) is 116 Å². The van der Waals surface area contributed by atoms with E-state index in [1.165, 1.54) is 67.2 Å². The maximum Gasteiger partial charge on any atom is 0.0146 e. The Morgan fingerprint density at radius 3 is 1.39 bits per heavy atom. The molecule has 0 amide bonds. The molecule has 1 heterocycles. The normalized spacial score (nSPS) is 12.6. The quantitative estimate of drug-likeness (QED) is 0.0595. The van der Waals surface area contributed by atoms with Crippen LogP contribution in [0.5, 0.6) is 17.2 Å². The molecule has 5 aromatic rings. The van der Waals surface area contributed by atoms with Crippen molar-refractivity contribution in [2.75, 3.05) is 22.9 Å². The molecule has 1 fully saturated rings. The van der Waals surface area contributed by atoms with E-state index in [4.69, 9.17) is 28.9 Å². The van der Waals surface area contributed by atoms with Crippen molar-refractivity contribution >= 4 is 90.0 Å². The maximum atomic E-state index is 6.04. The van der Waals surface area contributed by atoms with E-state index in [2.05, 4.69) is 206 Å². The van der Waals surface area contributed by atoms with Crippen LogP contribution in [0, 0.1) is 48.2 Å². The number of benzene rings is 5. The molecule has 0 saturated carbocycles. The Kier molecular flexibility index (Phi) is 25.3. The van der Waals surface area contributed by atoms with Gasteiger partial charge in [-0.2, -0.15) is 6.67 Å². The van der Waals surface area contributed by atoms with Crippen LogP contribution in [0.15, 0.2) is 96.5 Å². The number of anilines is 2. The largest absolute Gasteiger partial charge is 0.502 e. The summed E-state index contributed by atoms with van der Waals surface area (Å²) in [6.45, 7) is 51.6. The third-order valence-electron chi connectivity index (χ3n) is 12.8. The van der Waals surface area contributed by atoms with Crippen molar-refractivity contribution in [2.24, 2.45) is 0 Å². The van der Waals surface area contributed by atoms with E-state index in [0.717, 1.165) is 51.5 Å². The van der Waals surface area contributed by atoms with Crippen molar-refractivity contribution in [2.45, 2.75) is 154 Å². The second kappa shape index (κ2) is 29.0. The first-order valence-electron chi connectivity index (χ1n) is 25.4. The van der Waals surface area contributed by atoms with Gasteiger partial charge >= 0.3 is 131 Å². The number of hydrogen-bond acceptors (Lipinski definition) is 4. The third kappa shape index (κ3) is 19.0. The summed E-state index contributed by atoms with van der Waals surface area (Å²) in [6, 6.07) is 30.7. The Hall–Kier alpha value is -3.43. The Labute approximate surface area is 461 Å². The monoisotopic (exact) mass is 1200 g/mol. The Balaban J connectivity index is 0.000000259. The molecule has 5 aromatic carbocycles. The summed E-state index contributed by atoms with van der Waals surface area (Å²) in [5.74, 6) is 2.84. The predicted octanol–water partition coefficient (Wildman–Crippen LogP) is 17.3. The second-order valence-electron chi connectivity index (χ2n) is 21.0. The molecule has 1 aliphatic heterocycles. The summed E-state index contributed by atoms with van der Waals surface area (Å²) in [6.07, 6.45) is 4.36. The SMILES string of the molecule is C=Cc1cc(Br)ccc1OC(C)C.C=Cc1cc([Si](C)(C)CC)ccc1OC(C)C.CC[Si](C)(C)c1ccc([OH+]C(C)C)c([CH]=[Ru]([Cl])[Cl])c1.Cc1cc(C)c(N2[CH-]N(c3c(C)cc(C)cc3C)CC2)c(C)c1. The first-order valence-corrected chi connectivity index (χ1v) is 38.1. The molecule has 0 radical (unpaired) electrons. The minimum Gasteiger partial charge on any atom is -0.502 e. The molecule has 11 heteroatoms. The van der Waals surface area contributed by atoms with Crippen molar-refractivity contribution in [3.05, 3.63) is 153 Å². The van der Waals surface area contributed by atoms with Gasteiger partial charge in [0.2, 0.25) is 0 Å². The maximum absolute atomic E-state index is 6.04. The van der Waals surface area contributed by atoms with Gasteiger partial charge in [0.1, 0.15) is 11.5 Å². The molecule has 5 nitrogen and oxygen atoms in total. The van der Waals surface area contributed by atoms with Crippen LogP contribution in [-0.4, -0.2) is 56.9 Å². The van der Waals surface area contributed by atoms with Crippen LogP contribution < -0.4 is 29.6 Å². The smallest absolute Gasteiger partial charge is 0.0146 e. The zero-order valence-electron chi connectivity index (χ0n) is 46.9. The summed E-state index contributed by atoms with van der Waals surface area (Å²) < 4.78 is 19.1. The summed E-state index contributed by atoms with van der Waals surface area (Å²) in [5.41, 5.74) is 14.1. The van der Waals surface area contributed by atoms with Gasteiger partial charge in [-0.1, -0.05) is 120 Å². The first kappa shape index (κ1) is 62.9. The van der Waals surface area contributed by atoms with E-state index < -0.39 is 29.7 Å². The van der Waals surface area contributed by atoms with Crippen LogP contribution in [0.2, 0.25) is 38.3 Å². The zero-order chi connectivity index (χ0) is 54.2. The van der Waals surface area contributed by atoms with Gasteiger partial charge < -0.3 is 19.3 Å². The van der Waals surface area contributed by atoms with E-state index in [9.17, 15) is 0 Å². The van der Waals surface area contributed by atoms with Gasteiger partial charge in [-0.15, -0.1) is 0 Å². The van der Waals surface area contributed by atoms with Gasteiger partial charge in [0.25, 0.3) is 0 Å². The summed E-state index contributed by atoms with van der Waals surface area (Å²) in [4.78, 5) is 4.81. The van der Waals surface area contributed by atoms with Crippen LogP contribution in [0.4, 0.5) is 11.4 Å². The molecule has 396 valence electrons. The summed E-state index contributed by atoms with van der Waals surface area (Å²) in [5, 5.41) is 2.93. The first-order chi connectivity index (χ1) is 33.7. The fourth-order valence-electron chi connectivity index (χ4n) is 8.56. The van der Waals surface area contributed by atoms with Crippen LogP contribution in [0.25, 0.3) is 12.2 Å². The Bertz CT molecular complexity index is 2520. The third-order valence-corrected chi connectivity index (χ3v) is 22.4. The Morgan fingerprint density at radius 1 is 0.625 bits per heavy atom. The number of aryl methyl sites for hydroxylation is 6. The summed E-state index contributed by atoms with van der Waals surface area (Å²) in [7, 11) is 9.49. The van der Waals surface area contributed by atoms with Crippen molar-refractivity contribution in [3.63, 3.8) is 0 Å². The molecule has 0 aliphatic carbocycles. The van der Waals surface area contributed by atoms with Gasteiger partial charge in [0.15, 0.2) is 0 Å². The number of ether oxygens (including phenoxy) is 3. The van der Waals surface area contributed by atoms with Gasteiger partial charge in [0, 0.05) is 40.1 Å². The molecule has 0 aromatic heterocycles. The van der Waals surface area contributed by atoms with Gasteiger partial charge in [-0.3, -0.25) is 0 Å². The van der Waals surface area contributed by atoms with E-state index in [1.807, 2.05) is 56.6 Å². The van der Waals surface area contributed by atoms with Crippen molar-refractivity contribution in [3.8, 4) is 17.2 Å². The summed E-state index contributed by atoms with van der Waals surface area (Å²) >= 11 is 1.58. The number of aromatic hydroxyl groups is 1. The number of hydrogen-bond donors (Lipinski definition) is 0. The van der Waals surface area contributed by atoms with E-state index >= 15 is 0 Å². The van der Waals surface area contributed by atoms with E-state index in [0.29, 0.717) is 0 Å². The fourth-order valence-corrected chi connectivity index (χ4v) is 13.7.